The second-order valence-corrected chi connectivity index (χ2v) is 8.81. The average Bonchev–Trinajstić information content (AvgIpc) is 3.30. The second kappa shape index (κ2) is 10.1. The number of rotatable bonds is 3. The van der Waals surface area contributed by atoms with E-state index in [0.717, 1.165) is 6.92 Å². The number of ketones is 1. The number of halogens is 2. The molecule has 1 unspecified atom stereocenters. The van der Waals surface area contributed by atoms with Gasteiger partial charge in [0, 0.05) is 12.5 Å². The lowest BCUT2D eigenvalue weighted by Crippen LogP contribution is -2.29. The van der Waals surface area contributed by atoms with Gasteiger partial charge in [-0.15, -0.1) is 10.2 Å². The van der Waals surface area contributed by atoms with Gasteiger partial charge in [0.05, 0.1) is 21.7 Å². The van der Waals surface area contributed by atoms with Crippen molar-refractivity contribution >= 4 is 63.1 Å². The van der Waals surface area contributed by atoms with Crippen molar-refractivity contribution in [1.82, 2.24) is 10.2 Å². The second-order valence-electron chi connectivity index (χ2n) is 6.83. The monoisotopic (exact) mass is 505 g/mol. The third kappa shape index (κ3) is 5.22. The molecule has 8 nitrogen and oxygen atoms in total. The lowest BCUT2D eigenvalue weighted by Gasteiger charge is -2.22. The number of Topliss-reactive ketones (excluding diaryl/α,β-unsaturated/α-hetero) is 1. The van der Waals surface area contributed by atoms with E-state index in [1.54, 1.807) is 55.5 Å². The average molecular weight is 506 g/mol. The van der Waals surface area contributed by atoms with E-state index in [1.165, 1.54) is 16.2 Å². The molecule has 2 heterocycles. The summed E-state index contributed by atoms with van der Waals surface area (Å²) >= 11 is 13.4. The first kappa shape index (κ1) is 24.4. The highest BCUT2D eigenvalue weighted by molar-refractivity contribution is 7.15. The number of benzene rings is 2. The van der Waals surface area contributed by atoms with Crippen molar-refractivity contribution in [1.29, 1.82) is 0 Å². The number of aryl methyl sites for hydroxylation is 1. The minimum atomic E-state index is -0.919. The smallest absolute Gasteiger partial charge is 0.301 e. The Kier molecular flexibility index (Phi) is 7.47. The largest absolute Gasteiger partial charge is 0.507 e. The topological polar surface area (TPSA) is 121 Å². The zero-order chi connectivity index (χ0) is 24.3. The van der Waals surface area contributed by atoms with Crippen LogP contribution in [0.5, 0.6) is 0 Å². The molecule has 0 radical (unpaired) electrons. The van der Waals surface area contributed by atoms with Crippen LogP contribution in [-0.2, 0) is 14.4 Å². The van der Waals surface area contributed by atoms with Gasteiger partial charge in [-0.1, -0.05) is 70.9 Å². The van der Waals surface area contributed by atoms with Crippen LogP contribution in [0.15, 0.2) is 54.1 Å². The Morgan fingerprint density at radius 1 is 1.03 bits per heavy atom. The number of carboxylic acid groups (broad SMARTS) is 1. The molecular formula is C22H17Cl2N3O5S. The molecule has 2 aromatic carbocycles. The van der Waals surface area contributed by atoms with E-state index in [-0.39, 0.29) is 21.5 Å². The van der Waals surface area contributed by atoms with Crippen LogP contribution in [0, 0.1) is 6.92 Å². The predicted molar refractivity (Wildman–Crippen MR) is 126 cm³/mol. The first-order valence-electron chi connectivity index (χ1n) is 9.42. The Labute approximate surface area is 202 Å². The van der Waals surface area contributed by atoms with Crippen molar-refractivity contribution in [3.8, 4) is 0 Å². The van der Waals surface area contributed by atoms with E-state index < -0.39 is 23.7 Å². The van der Waals surface area contributed by atoms with Crippen LogP contribution in [0.2, 0.25) is 10.0 Å². The number of carboxylic acids is 1. The number of hydrogen-bond acceptors (Lipinski definition) is 7. The molecule has 0 aliphatic carbocycles. The fourth-order valence-corrected chi connectivity index (χ4v) is 4.18. The van der Waals surface area contributed by atoms with Gasteiger partial charge in [0.15, 0.2) is 0 Å². The van der Waals surface area contributed by atoms with Gasteiger partial charge in [-0.25, -0.2) is 0 Å². The summed E-state index contributed by atoms with van der Waals surface area (Å²) in [5, 5.41) is 27.8. The number of carbonyl (C=O) groups is 3. The van der Waals surface area contributed by atoms with Crippen LogP contribution in [0.25, 0.3) is 5.76 Å². The minimum Gasteiger partial charge on any atom is -0.507 e. The number of amides is 1. The predicted octanol–water partition coefficient (Wildman–Crippen LogP) is 4.87. The molecule has 170 valence electrons. The highest BCUT2D eigenvalue weighted by Gasteiger charge is 2.48. The molecule has 0 spiro atoms. The van der Waals surface area contributed by atoms with Crippen molar-refractivity contribution < 1.29 is 24.6 Å². The minimum absolute atomic E-state index is 0.0487. The van der Waals surface area contributed by atoms with Crippen LogP contribution < -0.4 is 4.90 Å². The molecule has 1 fully saturated rings. The molecule has 1 atom stereocenters. The van der Waals surface area contributed by atoms with Gasteiger partial charge >= 0.3 is 5.91 Å². The van der Waals surface area contributed by atoms with E-state index in [1.807, 2.05) is 0 Å². The summed E-state index contributed by atoms with van der Waals surface area (Å²) in [6.45, 7) is 2.83. The van der Waals surface area contributed by atoms with Gasteiger partial charge in [-0.05, 0) is 24.6 Å². The molecule has 1 aromatic heterocycles. The molecule has 11 heteroatoms. The Morgan fingerprint density at radius 2 is 1.67 bits per heavy atom. The first-order valence-corrected chi connectivity index (χ1v) is 11.0. The fourth-order valence-electron chi connectivity index (χ4n) is 3.16. The number of anilines is 1. The summed E-state index contributed by atoms with van der Waals surface area (Å²) < 4.78 is 0. The number of hydrogen-bond donors (Lipinski definition) is 2. The number of aliphatic hydroxyl groups excluding tert-OH is 1. The molecule has 4 rings (SSSR count). The SMILES string of the molecule is CC(=O)O.Cc1nnc(N2C(=O)C(=O)/C(=C(/O)c3ccccc3)C2c2ccc(Cl)c(Cl)c2)s1. The van der Waals surface area contributed by atoms with E-state index in [9.17, 15) is 14.7 Å². The summed E-state index contributed by atoms with van der Waals surface area (Å²) in [6.07, 6.45) is 0. The van der Waals surface area contributed by atoms with Crippen LogP contribution in [0.4, 0.5) is 5.13 Å². The van der Waals surface area contributed by atoms with Crippen molar-refractivity contribution in [2.75, 3.05) is 4.90 Å². The van der Waals surface area contributed by atoms with Gasteiger partial charge in [-0.2, -0.15) is 0 Å². The molecule has 33 heavy (non-hydrogen) atoms. The molecular weight excluding hydrogens is 489 g/mol. The maximum Gasteiger partial charge on any atom is 0.301 e. The van der Waals surface area contributed by atoms with Gasteiger partial charge < -0.3 is 10.2 Å². The Balaban J connectivity index is 0.000000709. The zero-order valence-electron chi connectivity index (χ0n) is 17.3. The van der Waals surface area contributed by atoms with Gasteiger partial charge in [-0.3, -0.25) is 19.3 Å². The highest BCUT2D eigenvalue weighted by Crippen LogP contribution is 2.43. The van der Waals surface area contributed by atoms with Crippen LogP contribution in [0.1, 0.15) is 29.1 Å². The first-order chi connectivity index (χ1) is 15.6. The van der Waals surface area contributed by atoms with E-state index in [0.29, 0.717) is 21.2 Å². The molecule has 1 aliphatic heterocycles. The lowest BCUT2D eigenvalue weighted by atomic mass is 9.95. The quantitative estimate of drug-likeness (QED) is 0.295. The molecule has 2 N–H and O–H groups in total. The highest BCUT2D eigenvalue weighted by atomic mass is 35.5. The van der Waals surface area contributed by atoms with E-state index in [2.05, 4.69) is 10.2 Å². The maximum atomic E-state index is 12.9. The molecule has 1 amide bonds. The lowest BCUT2D eigenvalue weighted by molar-refractivity contribution is -0.134. The van der Waals surface area contributed by atoms with Crippen molar-refractivity contribution in [2.24, 2.45) is 0 Å². The van der Waals surface area contributed by atoms with Crippen LogP contribution >= 0.6 is 34.5 Å². The van der Waals surface area contributed by atoms with Crippen molar-refractivity contribution in [2.45, 2.75) is 19.9 Å². The van der Waals surface area contributed by atoms with Crippen molar-refractivity contribution in [3.63, 3.8) is 0 Å². The number of carbonyl (C=O) groups excluding carboxylic acids is 2. The third-order valence-corrected chi connectivity index (χ3v) is 6.05. The molecule has 0 saturated carbocycles. The standard InChI is InChI=1S/C20H13Cl2N3O3S.C2H4O2/c1-10-23-24-20(29-10)25-16(12-7-8-13(21)14(22)9-12)15(18(27)19(25)28)17(26)11-5-3-2-4-6-11;1-2(3)4/h2-9,16,26H,1H3;1H3,(H,3,4)/b17-15+;. The summed E-state index contributed by atoms with van der Waals surface area (Å²) in [5.74, 6) is -2.71. The van der Waals surface area contributed by atoms with E-state index >= 15 is 0 Å². The zero-order valence-corrected chi connectivity index (χ0v) is 19.6. The number of aliphatic hydroxyl groups is 1. The molecule has 1 saturated heterocycles. The number of aliphatic carboxylic acids is 1. The van der Waals surface area contributed by atoms with Crippen LogP contribution in [-0.4, -0.2) is 38.1 Å². The number of aromatic nitrogens is 2. The van der Waals surface area contributed by atoms with Crippen LogP contribution in [0.3, 0.4) is 0 Å². The summed E-state index contributed by atoms with van der Waals surface area (Å²) in [5.41, 5.74) is 0.889. The molecule has 3 aromatic rings. The van der Waals surface area contributed by atoms with Gasteiger partial charge in [0.2, 0.25) is 5.13 Å². The Morgan fingerprint density at radius 3 is 2.21 bits per heavy atom. The maximum absolute atomic E-state index is 12.9. The molecule has 0 bridgehead atoms. The Hall–Kier alpha value is -3.27. The summed E-state index contributed by atoms with van der Waals surface area (Å²) in [7, 11) is 0. The Bertz CT molecular complexity index is 1260. The summed E-state index contributed by atoms with van der Waals surface area (Å²) in [4.78, 5) is 36.1. The number of nitrogens with zero attached hydrogens (tertiary/aromatic N) is 3. The van der Waals surface area contributed by atoms with Crippen molar-refractivity contribution in [3.05, 3.63) is 80.3 Å². The fraction of sp³-hybridized carbons (Fsp3) is 0.136. The molecule has 1 aliphatic rings. The third-order valence-electron chi connectivity index (χ3n) is 4.47. The van der Waals surface area contributed by atoms with E-state index in [4.69, 9.17) is 33.1 Å². The summed E-state index contributed by atoms with van der Waals surface area (Å²) in [6, 6.07) is 12.4. The normalized spacial score (nSPS) is 17.0. The van der Waals surface area contributed by atoms with Gasteiger partial charge in [0.1, 0.15) is 10.8 Å². The van der Waals surface area contributed by atoms with Gasteiger partial charge in [0.25, 0.3) is 11.8 Å².